The molecule has 0 bridgehead atoms. The number of nitrogen functional groups attached to an aromatic ring is 1. The van der Waals surface area contributed by atoms with Crippen molar-refractivity contribution in [1.82, 2.24) is 14.8 Å². The maximum Gasteiger partial charge on any atom is 0.161 e. The van der Waals surface area contributed by atoms with Gasteiger partial charge in [0.05, 0.1) is 10.6 Å². The van der Waals surface area contributed by atoms with Crippen molar-refractivity contribution in [3.8, 4) is 11.4 Å². The highest BCUT2D eigenvalue weighted by atomic mass is 32.1. The van der Waals surface area contributed by atoms with Crippen molar-refractivity contribution in [1.29, 1.82) is 0 Å². The Morgan fingerprint density at radius 2 is 2.00 bits per heavy atom. The van der Waals surface area contributed by atoms with Gasteiger partial charge in [-0.25, -0.2) is 9.67 Å². The van der Waals surface area contributed by atoms with Crippen LogP contribution in [0.5, 0.6) is 0 Å². The summed E-state index contributed by atoms with van der Waals surface area (Å²) in [7, 11) is 1.93. The normalized spacial score (nSPS) is 11.4. The number of hydrogen-bond acceptors (Lipinski definition) is 4. The van der Waals surface area contributed by atoms with Crippen LogP contribution in [0.15, 0.2) is 0 Å². The standard InChI is InChI=1S/C13H20N4S/c1-7(2)6-10-15-13(17(5)16-10)11-8(3)9(4)18-12(11)14/h7H,6,14H2,1-5H3. The second kappa shape index (κ2) is 4.72. The van der Waals surface area contributed by atoms with Crippen LogP contribution in [0.2, 0.25) is 0 Å². The van der Waals surface area contributed by atoms with E-state index in [0.717, 1.165) is 28.6 Å². The van der Waals surface area contributed by atoms with Crippen LogP contribution in [0, 0.1) is 19.8 Å². The van der Waals surface area contributed by atoms with E-state index in [0.29, 0.717) is 5.92 Å². The van der Waals surface area contributed by atoms with Gasteiger partial charge in [-0.05, 0) is 25.3 Å². The van der Waals surface area contributed by atoms with Crippen molar-refractivity contribution in [3.63, 3.8) is 0 Å². The van der Waals surface area contributed by atoms with Gasteiger partial charge in [0, 0.05) is 18.3 Å². The van der Waals surface area contributed by atoms with E-state index in [1.54, 1.807) is 11.3 Å². The molecule has 0 fully saturated rings. The molecule has 2 aromatic rings. The van der Waals surface area contributed by atoms with Crippen molar-refractivity contribution >= 4 is 16.3 Å². The fourth-order valence-corrected chi connectivity index (χ4v) is 2.97. The zero-order valence-corrected chi connectivity index (χ0v) is 12.4. The minimum atomic E-state index is 0.558. The Kier molecular flexibility index (Phi) is 3.43. The molecule has 2 aromatic heterocycles. The van der Waals surface area contributed by atoms with Crippen LogP contribution in [-0.4, -0.2) is 14.8 Å². The third kappa shape index (κ3) is 2.27. The summed E-state index contributed by atoms with van der Waals surface area (Å²) in [6.07, 6.45) is 0.899. The molecule has 0 saturated carbocycles. The lowest BCUT2D eigenvalue weighted by molar-refractivity contribution is 0.613. The molecule has 0 unspecified atom stereocenters. The summed E-state index contributed by atoms with van der Waals surface area (Å²) in [5, 5.41) is 5.30. The smallest absolute Gasteiger partial charge is 0.161 e. The molecule has 5 heteroatoms. The molecule has 0 amide bonds. The van der Waals surface area contributed by atoms with Crippen LogP contribution in [-0.2, 0) is 13.5 Å². The molecule has 0 aliphatic heterocycles. The van der Waals surface area contributed by atoms with Gasteiger partial charge in [-0.15, -0.1) is 11.3 Å². The Bertz CT molecular complexity index is 566. The molecule has 0 aliphatic carbocycles. The van der Waals surface area contributed by atoms with E-state index in [2.05, 4.69) is 37.8 Å². The first-order chi connectivity index (χ1) is 8.40. The van der Waals surface area contributed by atoms with Crippen molar-refractivity contribution in [2.24, 2.45) is 13.0 Å². The number of aryl methyl sites for hydroxylation is 2. The third-order valence-electron chi connectivity index (χ3n) is 3.03. The van der Waals surface area contributed by atoms with E-state index in [4.69, 9.17) is 5.73 Å². The van der Waals surface area contributed by atoms with Crippen molar-refractivity contribution in [3.05, 3.63) is 16.3 Å². The van der Waals surface area contributed by atoms with E-state index < -0.39 is 0 Å². The predicted molar refractivity (Wildman–Crippen MR) is 76.7 cm³/mol. The van der Waals surface area contributed by atoms with Gasteiger partial charge in [-0.1, -0.05) is 13.8 Å². The minimum Gasteiger partial charge on any atom is -0.390 e. The van der Waals surface area contributed by atoms with Gasteiger partial charge in [-0.3, -0.25) is 0 Å². The molecule has 98 valence electrons. The number of nitrogens with two attached hydrogens (primary N) is 1. The number of thiophene rings is 1. The van der Waals surface area contributed by atoms with Crippen LogP contribution >= 0.6 is 11.3 Å². The fourth-order valence-electron chi connectivity index (χ4n) is 2.04. The summed E-state index contributed by atoms with van der Waals surface area (Å²) in [4.78, 5) is 5.88. The third-order valence-corrected chi connectivity index (χ3v) is 4.07. The first-order valence-corrected chi connectivity index (χ1v) is 6.97. The largest absolute Gasteiger partial charge is 0.390 e. The summed E-state index contributed by atoms with van der Waals surface area (Å²) in [5.41, 5.74) is 8.35. The molecule has 0 atom stereocenters. The van der Waals surface area contributed by atoms with E-state index in [1.165, 1.54) is 10.4 Å². The summed E-state index contributed by atoms with van der Waals surface area (Å²) in [5.74, 6) is 2.33. The molecule has 2 rings (SSSR count). The Morgan fingerprint density at radius 1 is 1.33 bits per heavy atom. The van der Waals surface area contributed by atoms with Crippen LogP contribution < -0.4 is 5.73 Å². The summed E-state index contributed by atoms with van der Waals surface area (Å²) >= 11 is 1.62. The van der Waals surface area contributed by atoms with Crippen molar-refractivity contribution < 1.29 is 0 Å². The van der Waals surface area contributed by atoms with E-state index >= 15 is 0 Å². The molecular weight excluding hydrogens is 244 g/mol. The van der Waals surface area contributed by atoms with Crippen LogP contribution in [0.4, 0.5) is 5.00 Å². The monoisotopic (exact) mass is 264 g/mol. The highest BCUT2D eigenvalue weighted by Gasteiger charge is 2.18. The minimum absolute atomic E-state index is 0.558. The van der Waals surface area contributed by atoms with Gasteiger partial charge in [0.2, 0.25) is 0 Å². The van der Waals surface area contributed by atoms with Gasteiger partial charge < -0.3 is 5.73 Å². The van der Waals surface area contributed by atoms with Crippen molar-refractivity contribution in [2.75, 3.05) is 5.73 Å². The summed E-state index contributed by atoms with van der Waals surface area (Å²) in [6, 6.07) is 0. The lowest BCUT2D eigenvalue weighted by atomic mass is 10.1. The number of rotatable bonds is 3. The van der Waals surface area contributed by atoms with Gasteiger partial charge in [-0.2, -0.15) is 5.10 Å². The molecule has 4 nitrogen and oxygen atoms in total. The maximum absolute atomic E-state index is 6.09. The lowest BCUT2D eigenvalue weighted by Crippen LogP contribution is -1.98. The van der Waals surface area contributed by atoms with Gasteiger partial charge >= 0.3 is 0 Å². The van der Waals surface area contributed by atoms with Crippen LogP contribution in [0.1, 0.15) is 30.1 Å². The Balaban J connectivity index is 2.47. The average Bonchev–Trinajstić information content (AvgIpc) is 2.69. The molecular formula is C13H20N4S. The van der Waals surface area contributed by atoms with Gasteiger partial charge in [0.15, 0.2) is 11.6 Å². The SMILES string of the molecule is Cc1sc(N)c(-c2nc(CC(C)C)nn2C)c1C. The molecule has 0 radical (unpaired) electrons. The fraction of sp³-hybridized carbons (Fsp3) is 0.538. The summed E-state index contributed by atoms with van der Waals surface area (Å²) < 4.78 is 1.84. The zero-order valence-electron chi connectivity index (χ0n) is 11.6. The molecule has 2 N–H and O–H groups in total. The predicted octanol–water partition coefficient (Wildman–Crippen LogP) is 2.94. The second-order valence-electron chi connectivity index (χ2n) is 5.10. The zero-order chi connectivity index (χ0) is 13.4. The highest BCUT2D eigenvalue weighted by Crippen LogP contribution is 2.36. The van der Waals surface area contributed by atoms with E-state index in [9.17, 15) is 0 Å². The Hall–Kier alpha value is -1.36. The molecule has 18 heavy (non-hydrogen) atoms. The number of aromatic nitrogens is 3. The maximum atomic E-state index is 6.09. The second-order valence-corrected chi connectivity index (χ2v) is 6.35. The Labute approximate surface area is 112 Å². The topological polar surface area (TPSA) is 56.7 Å². The number of nitrogens with zero attached hydrogens (tertiary/aromatic N) is 3. The summed E-state index contributed by atoms with van der Waals surface area (Å²) in [6.45, 7) is 8.52. The quantitative estimate of drug-likeness (QED) is 0.927. The van der Waals surface area contributed by atoms with E-state index in [1.807, 2.05) is 11.7 Å². The Morgan fingerprint density at radius 3 is 2.50 bits per heavy atom. The molecule has 2 heterocycles. The lowest BCUT2D eigenvalue weighted by Gasteiger charge is -2.00. The van der Waals surface area contributed by atoms with Crippen LogP contribution in [0.3, 0.4) is 0 Å². The number of anilines is 1. The molecule has 0 aromatic carbocycles. The molecule has 0 aliphatic rings. The van der Waals surface area contributed by atoms with Gasteiger partial charge in [0.25, 0.3) is 0 Å². The molecule has 0 saturated heterocycles. The molecule has 0 spiro atoms. The first kappa shape index (κ1) is 13.1. The first-order valence-electron chi connectivity index (χ1n) is 6.16. The highest BCUT2D eigenvalue weighted by molar-refractivity contribution is 7.16. The van der Waals surface area contributed by atoms with Crippen molar-refractivity contribution in [2.45, 2.75) is 34.1 Å². The van der Waals surface area contributed by atoms with E-state index in [-0.39, 0.29) is 0 Å². The number of hydrogen-bond donors (Lipinski definition) is 1. The average molecular weight is 264 g/mol. The van der Waals surface area contributed by atoms with Crippen LogP contribution in [0.25, 0.3) is 11.4 Å². The van der Waals surface area contributed by atoms with Gasteiger partial charge in [0.1, 0.15) is 0 Å².